The van der Waals surface area contributed by atoms with E-state index in [9.17, 15) is 9.59 Å². The molecule has 0 radical (unpaired) electrons. The predicted octanol–water partition coefficient (Wildman–Crippen LogP) is 2.19. The van der Waals surface area contributed by atoms with E-state index in [4.69, 9.17) is 9.84 Å². The van der Waals surface area contributed by atoms with Crippen LogP contribution in [-0.2, 0) is 20.7 Å². The first-order chi connectivity index (χ1) is 8.61. The van der Waals surface area contributed by atoms with Gasteiger partial charge in [0.25, 0.3) is 0 Å². The van der Waals surface area contributed by atoms with Crippen LogP contribution in [0.5, 0.6) is 0 Å². The lowest BCUT2D eigenvalue weighted by Gasteiger charge is -2.04. The van der Waals surface area contributed by atoms with E-state index in [0.717, 1.165) is 12.8 Å². The number of hydrogen-bond acceptors (Lipinski definition) is 3. The van der Waals surface area contributed by atoms with Crippen LogP contribution >= 0.6 is 0 Å². The first kappa shape index (κ1) is 14.0. The first-order valence-corrected chi connectivity index (χ1v) is 5.74. The van der Waals surface area contributed by atoms with Gasteiger partial charge in [-0.05, 0) is 24.8 Å². The molecule has 1 aromatic carbocycles. The molecule has 1 aromatic rings. The number of rotatable bonds is 7. The smallest absolute Gasteiger partial charge is 0.344 e. The summed E-state index contributed by atoms with van der Waals surface area (Å²) >= 11 is 0. The summed E-state index contributed by atoms with van der Waals surface area (Å²) in [5.74, 6) is -2.20. The van der Waals surface area contributed by atoms with Gasteiger partial charge in [0.15, 0.2) is 0 Å². The molecule has 1 rings (SSSR count). The number of aliphatic carboxylic acids is 1. The van der Waals surface area contributed by atoms with E-state index in [1.54, 1.807) is 0 Å². The molecule has 0 aliphatic rings. The minimum Gasteiger partial charge on any atom is -0.477 e. The van der Waals surface area contributed by atoms with E-state index in [2.05, 4.69) is 6.58 Å². The summed E-state index contributed by atoms with van der Waals surface area (Å²) in [6.45, 7) is 3.35. The largest absolute Gasteiger partial charge is 0.477 e. The van der Waals surface area contributed by atoms with Crippen molar-refractivity contribution in [2.24, 2.45) is 0 Å². The zero-order valence-electron chi connectivity index (χ0n) is 10.1. The van der Waals surface area contributed by atoms with Crippen molar-refractivity contribution in [3.05, 3.63) is 48.0 Å². The third-order valence-corrected chi connectivity index (χ3v) is 2.44. The lowest BCUT2D eigenvalue weighted by Crippen LogP contribution is -2.14. The van der Waals surface area contributed by atoms with Crippen LogP contribution in [0.25, 0.3) is 0 Å². The molecule has 0 saturated carbocycles. The Hall–Kier alpha value is -2.10. The molecule has 0 amide bonds. The molecule has 0 spiro atoms. The van der Waals surface area contributed by atoms with Crippen molar-refractivity contribution in [2.45, 2.75) is 19.3 Å². The second kappa shape index (κ2) is 7.27. The Bertz CT molecular complexity index is 423. The molecule has 18 heavy (non-hydrogen) atoms. The molecule has 0 aromatic heterocycles. The van der Waals surface area contributed by atoms with Crippen LogP contribution in [-0.4, -0.2) is 23.7 Å². The summed E-state index contributed by atoms with van der Waals surface area (Å²) in [6.07, 6.45) is 2.50. The molecule has 0 aliphatic carbocycles. The number of carboxylic acid groups (broad SMARTS) is 1. The molecular formula is C14H16O4. The lowest BCUT2D eigenvalue weighted by molar-refractivity contribution is -0.144. The maximum absolute atomic E-state index is 11.1. The van der Waals surface area contributed by atoms with Gasteiger partial charge in [-0.25, -0.2) is 9.59 Å². The van der Waals surface area contributed by atoms with Gasteiger partial charge in [-0.1, -0.05) is 36.9 Å². The highest BCUT2D eigenvalue weighted by molar-refractivity contribution is 6.12. The number of unbranched alkanes of at least 4 members (excludes halogenated alkanes) is 1. The van der Waals surface area contributed by atoms with Gasteiger partial charge < -0.3 is 9.84 Å². The average molecular weight is 248 g/mol. The third kappa shape index (κ3) is 4.82. The molecule has 0 bridgehead atoms. The van der Waals surface area contributed by atoms with Gasteiger partial charge in [0.2, 0.25) is 0 Å². The van der Waals surface area contributed by atoms with Crippen molar-refractivity contribution in [1.29, 1.82) is 0 Å². The van der Waals surface area contributed by atoms with Gasteiger partial charge in [0, 0.05) is 0 Å². The average Bonchev–Trinajstić information content (AvgIpc) is 2.38. The van der Waals surface area contributed by atoms with Gasteiger partial charge in [-0.3, -0.25) is 0 Å². The SMILES string of the molecule is C=C(C(=O)O)C(=O)OCCCCc1ccccc1. The van der Waals surface area contributed by atoms with Crippen molar-refractivity contribution < 1.29 is 19.4 Å². The molecule has 96 valence electrons. The van der Waals surface area contributed by atoms with Gasteiger partial charge in [0.05, 0.1) is 6.61 Å². The third-order valence-electron chi connectivity index (χ3n) is 2.44. The molecule has 0 fully saturated rings. The number of benzene rings is 1. The summed E-state index contributed by atoms with van der Waals surface area (Å²) in [4.78, 5) is 21.5. The number of ether oxygens (including phenoxy) is 1. The fourth-order valence-electron chi connectivity index (χ4n) is 1.42. The fraction of sp³-hybridized carbons (Fsp3) is 0.286. The Morgan fingerprint density at radius 2 is 1.83 bits per heavy atom. The van der Waals surface area contributed by atoms with E-state index in [1.807, 2.05) is 30.3 Å². The molecular weight excluding hydrogens is 232 g/mol. The van der Waals surface area contributed by atoms with E-state index in [0.29, 0.717) is 6.42 Å². The molecule has 4 heteroatoms. The van der Waals surface area contributed by atoms with Crippen LogP contribution in [0.3, 0.4) is 0 Å². The van der Waals surface area contributed by atoms with Crippen LogP contribution in [0.1, 0.15) is 18.4 Å². The Labute approximate surface area is 106 Å². The summed E-state index contributed by atoms with van der Waals surface area (Å²) in [5.41, 5.74) is 0.705. The molecule has 1 N–H and O–H groups in total. The summed E-state index contributed by atoms with van der Waals surface area (Å²) < 4.78 is 4.78. The van der Waals surface area contributed by atoms with Crippen LogP contribution in [0.4, 0.5) is 0 Å². The minimum absolute atomic E-state index is 0.220. The lowest BCUT2D eigenvalue weighted by atomic mass is 10.1. The van der Waals surface area contributed by atoms with Crippen molar-refractivity contribution in [3.63, 3.8) is 0 Å². The van der Waals surface area contributed by atoms with Crippen LogP contribution in [0, 0.1) is 0 Å². The number of aryl methyl sites for hydroxylation is 1. The van der Waals surface area contributed by atoms with Gasteiger partial charge >= 0.3 is 11.9 Å². The second-order valence-corrected chi connectivity index (χ2v) is 3.86. The van der Waals surface area contributed by atoms with Crippen LogP contribution < -0.4 is 0 Å². The monoisotopic (exact) mass is 248 g/mol. The number of carbonyl (C=O) groups excluding carboxylic acids is 1. The topological polar surface area (TPSA) is 63.6 Å². The Kier molecular flexibility index (Phi) is 5.64. The zero-order valence-corrected chi connectivity index (χ0v) is 10.1. The number of esters is 1. The maximum Gasteiger partial charge on any atom is 0.344 e. The highest BCUT2D eigenvalue weighted by atomic mass is 16.5. The van der Waals surface area contributed by atoms with Gasteiger partial charge in [-0.2, -0.15) is 0 Å². The highest BCUT2D eigenvalue weighted by Crippen LogP contribution is 2.05. The van der Waals surface area contributed by atoms with Crippen molar-refractivity contribution >= 4 is 11.9 Å². The summed E-state index contributed by atoms with van der Waals surface area (Å²) in [7, 11) is 0. The molecule has 0 aliphatic heterocycles. The van der Waals surface area contributed by atoms with Gasteiger partial charge in [-0.15, -0.1) is 0 Å². The molecule has 4 nitrogen and oxygen atoms in total. The van der Waals surface area contributed by atoms with Gasteiger partial charge in [0.1, 0.15) is 5.57 Å². The Morgan fingerprint density at radius 1 is 1.17 bits per heavy atom. The van der Waals surface area contributed by atoms with E-state index >= 15 is 0 Å². The number of carbonyl (C=O) groups is 2. The maximum atomic E-state index is 11.1. The highest BCUT2D eigenvalue weighted by Gasteiger charge is 2.15. The quantitative estimate of drug-likeness (QED) is 0.264. The number of hydrogen-bond donors (Lipinski definition) is 1. The normalized spacial score (nSPS) is 9.78. The minimum atomic E-state index is -1.34. The van der Waals surface area contributed by atoms with Crippen molar-refractivity contribution in [1.82, 2.24) is 0 Å². The summed E-state index contributed by atoms with van der Waals surface area (Å²) in [5, 5.41) is 8.50. The second-order valence-electron chi connectivity index (χ2n) is 3.86. The molecule has 0 atom stereocenters. The Balaban J connectivity index is 2.14. The zero-order chi connectivity index (χ0) is 13.4. The van der Waals surface area contributed by atoms with E-state index in [-0.39, 0.29) is 6.61 Å². The Morgan fingerprint density at radius 3 is 2.44 bits per heavy atom. The predicted molar refractivity (Wildman–Crippen MR) is 67.1 cm³/mol. The van der Waals surface area contributed by atoms with E-state index in [1.165, 1.54) is 5.56 Å². The van der Waals surface area contributed by atoms with E-state index < -0.39 is 17.5 Å². The molecule has 0 heterocycles. The molecule has 0 unspecified atom stereocenters. The van der Waals surface area contributed by atoms with Crippen molar-refractivity contribution in [3.8, 4) is 0 Å². The first-order valence-electron chi connectivity index (χ1n) is 5.74. The van der Waals surface area contributed by atoms with Crippen LogP contribution in [0.15, 0.2) is 42.5 Å². The number of carboxylic acids is 1. The van der Waals surface area contributed by atoms with Crippen LogP contribution in [0.2, 0.25) is 0 Å². The van der Waals surface area contributed by atoms with Crippen molar-refractivity contribution in [2.75, 3.05) is 6.61 Å². The standard InChI is InChI=1S/C14H16O4/c1-11(13(15)16)14(17)18-10-6-5-9-12-7-3-2-4-8-12/h2-4,7-8H,1,5-6,9-10H2,(H,15,16). The summed E-state index contributed by atoms with van der Waals surface area (Å²) in [6, 6.07) is 10.00. The molecule has 0 saturated heterocycles. The fourth-order valence-corrected chi connectivity index (χ4v) is 1.42.